The summed E-state index contributed by atoms with van der Waals surface area (Å²) in [6.45, 7) is 3.07. The van der Waals surface area contributed by atoms with Gasteiger partial charge in [0.05, 0.1) is 19.3 Å². The molecule has 0 aliphatic rings. The molecule has 0 radical (unpaired) electrons. The van der Waals surface area contributed by atoms with Crippen molar-refractivity contribution in [1.29, 1.82) is 0 Å². The largest absolute Gasteiger partial charge is 0.491 e. The molecule has 0 bridgehead atoms. The van der Waals surface area contributed by atoms with Crippen LogP contribution in [0.15, 0.2) is 48.5 Å². The van der Waals surface area contributed by atoms with Gasteiger partial charge in [-0.1, -0.05) is 12.1 Å². The molecule has 146 valence electrons. The number of aliphatic hydroxyl groups excluding tert-OH is 2. The monoisotopic (exact) mass is 374 g/mol. The van der Waals surface area contributed by atoms with Crippen molar-refractivity contribution in [3.8, 4) is 5.75 Å². The predicted octanol–water partition coefficient (Wildman–Crippen LogP) is 1.51. The number of aliphatic hydroxyl groups is 2. The van der Waals surface area contributed by atoms with Crippen LogP contribution in [-0.4, -0.2) is 48.6 Å². The first-order chi connectivity index (χ1) is 13.0. The molecular weight excluding hydrogens is 348 g/mol. The zero-order valence-electron chi connectivity index (χ0n) is 15.3. The lowest BCUT2D eigenvalue weighted by molar-refractivity contribution is 0.0703. The highest BCUT2D eigenvalue weighted by Crippen LogP contribution is 2.19. The van der Waals surface area contributed by atoms with Crippen molar-refractivity contribution in [1.82, 2.24) is 5.32 Å². The summed E-state index contributed by atoms with van der Waals surface area (Å²) in [5.41, 5.74) is 7.16. The lowest BCUT2D eigenvalue weighted by Crippen LogP contribution is -2.41. The van der Waals surface area contributed by atoms with E-state index in [9.17, 15) is 15.0 Å². The van der Waals surface area contributed by atoms with Crippen LogP contribution < -0.4 is 15.8 Å². The van der Waals surface area contributed by atoms with Gasteiger partial charge in [0.2, 0.25) is 0 Å². The van der Waals surface area contributed by atoms with Gasteiger partial charge in [-0.25, -0.2) is 0 Å². The van der Waals surface area contributed by atoms with E-state index in [0.717, 1.165) is 0 Å². The number of ether oxygens (including phenoxy) is 2. The van der Waals surface area contributed by atoms with Gasteiger partial charge in [0.25, 0.3) is 5.91 Å². The predicted molar refractivity (Wildman–Crippen MR) is 103 cm³/mol. The fraction of sp³-hybridized carbons (Fsp3) is 0.350. The molecule has 0 saturated heterocycles. The zero-order valence-corrected chi connectivity index (χ0v) is 15.3. The molecular formula is C20H26N2O5. The molecule has 1 amide bonds. The summed E-state index contributed by atoms with van der Waals surface area (Å²) in [5.74, 6) is 0.233. The summed E-state index contributed by atoms with van der Waals surface area (Å²) in [6.07, 6.45) is -1.05. The molecule has 2 rings (SSSR count). The summed E-state index contributed by atoms with van der Waals surface area (Å²) in [5, 5.41) is 22.6. The van der Waals surface area contributed by atoms with Gasteiger partial charge in [-0.15, -0.1) is 0 Å². The van der Waals surface area contributed by atoms with E-state index in [1.54, 1.807) is 48.5 Å². The number of nitrogen functional groups attached to an aromatic ring is 1. The first-order valence-electron chi connectivity index (χ1n) is 8.81. The highest BCUT2D eigenvalue weighted by molar-refractivity contribution is 5.94. The molecule has 0 saturated carbocycles. The number of nitrogens with one attached hydrogen (secondary N) is 1. The maximum absolute atomic E-state index is 12.4. The maximum Gasteiger partial charge on any atom is 0.251 e. The second kappa shape index (κ2) is 10.5. The van der Waals surface area contributed by atoms with Gasteiger partial charge in [-0.05, 0) is 48.9 Å². The number of carbonyl (C=O) groups is 1. The molecule has 7 heteroatoms. The molecule has 27 heavy (non-hydrogen) atoms. The molecule has 2 unspecified atom stereocenters. The molecule has 0 fully saturated rings. The van der Waals surface area contributed by atoms with E-state index in [0.29, 0.717) is 42.4 Å². The Morgan fingerprint density at radius 2 is 1.78 bits per heavy atom. The summed E-state index contributed by atoms with van der Waals surface area (Å²) in [6, 6.07) is 12.4. The quantitative estimate of drug-likeness (QED) is 0.370. The van der Waals surface area contributed by atoms with Crippen LogP contribution in [-0.2, 0) is 4.74 Å². The fourth-order valence-corrected chi connectivity index (χ4v) is 2.47. The SMILES string of the molecule is CCOCCOc1ccc(C(=O)NC(CO)C(O)c2ccc(N)cc2)cc1. The molecule has 0 heterocycles. The van der Waals surface area contributed by atoms with Crippen molar-refractivity contribution >= 4 is 11.6 Å². The Balaban J connectivity index is 1.94. The third-order valence-corrected chi connectivity index (χ3v) is 3.99. The summed E-state index contributed by atoms with van der Waals surface area (Å²) >= 11 is 0. The summed E-state index contributed by atoms with van der Waals surface area (Å²) < 4.78 is 10.7. The molecule has 2 aromatic rings. The Morgan fingerprint density at radius 1 is 1.11 bits per heavy atom. The number of nitrogens with two attached hydrogens (primary N) is 1. The topological polar surface area (TPSA) is 114 Å². The average molecular weight is 374 g/mol. The smallest absolute Gasteiger partial charge is 0.251 e. The molecule has 0 aliphatic carbocycles. The lowest BCUT2D eigenvalue weighted by Gasteiger charge is -2.22. The van der Waals surface area contributed by atoms with E-state index in [-0.39, 0.29) is 0 Å². The van der Waals surface area contributed by atoms with E-state index in [1.165, 1.54) is 0 Å². The molecule has 0 aliphatic heterocycles. The molecule has 0 spiro atoms. The van der Waals surface area contributed by atoms with Crippen LogP contribution in [0.3, 0.4) is 0 Å². The number of benzene rings is 2. The first kappa shape index (κ1) is 20.7. The van der Waals surface area contributed by atoms with Crippen molar-refractivity contribution in [2.45, 2.75) is 19.1 Å². The molecule has 5 N–H and O–H groups in total. The normalized spacial score (nSPS) is 13.0. The van der Waals surface area contributed by atoms with E-state index >= 15 is 0 Å². The highest BCUT2D eigenvalue weighted by atomic mass is 16.5. The van der Waals surface area contributed by atoms with Crippen LogP contribution >= 0.6 is 0 Å². The number of rotatable bonds is 10. The van der Waals surface area contributed by atoms with Gasteiger partial charge < -0.3 is 30.7 Å². The Morgan fingerprint density at radius 3 is 2.37 bits per heavy atom. The van der Waals surface area contributed by atoms with Gasteiger partial charge in [0.1, 0.15) is 18.5 Å². The average Bonchev–Trinajstić information content (AvgIpc) is 2.69. The Kier molecular flexibility index (Phi) is 8.06. The number of carbonyl (C=O) groups excluding carboxylic acids is 1. The summed E-state index contributed by atoms with van der Waals surface area (Å²) in [7, 11) is 0. The minimum absolute atomic E-state index is 0.398. The van der Waals surface area contributed by atoms with Crippen LogP contribution in [0.1, 0.15) is 28.9 Å². The fourth-order valence-electron chi connectivity index (χ4n) is 2.47. The van der Waals surface area contributed by atoms with Crippen LogP contribution in [0.2, 0.25) is 0 Å². The van der Waals surface area contributed by atoms with Crippen LogP contribution in [0.25, 0.3) is 0 Å². The Hall–Kier alpha value is -2.61. The van der Waals surface area contributed by atoms with Gasteiger partial charge in [-0.3, -0.25) is 4.79 Å². The maximum atomic E-state index is 12.4. The number of anilines is 1. The summed E-state index contributed by atoms with van der Waals surface area (Å²) in [4.78, 5) is 12.4. The van der Waals surface area contributed by atoms with Gasteiger partial charge in [0.15, 0.2) is 0 Å². The molecule has 2 atom stereocenters. The molecule has 0 aromatic heterocycles. The number of hydrogen-bond donors (Lipinski definition) is 4. The first-order valence-corrected chi connectivity index (χ1v) is 8.81. The second-order valence-corrected chi connectivity index (χ2v) is 5.94. The van der Waals surface area contributed by atoms with Crippen LogP contribution in [0.4, 0.5) is 5.69 Å². The minimum Gasteiger partial charge on any atom is -0.491 e. The van der Waals surface area contributed by atoms with Crippen molar-refractivity contribution in [3.63, 3.8) is 0 Å². The highest BCUT2D eigenvalue weighted by Gasteiger charge is 2.22. The standard InChI is InChI=1S/C20H26N2O5/c1-2-26-11-12-27-17-9-5-15(6-10-17)20(25)22-18(13-23)19(24)14-3-7-16(21)8-4-14/h3-10,18-19,23-24H,2,11-13,21H2,1H3,(H,22,25). The van der Waals surface area contributed by atoms with E-state index in [1.807, 2.05) is 6.92 Å². The third kappa shape index (κ3) is 6.25. The van der Waals surface area contributed by atoms with Crippen LogP contribution in [0.5, 0.6) is 5.75 Å². The van der Waals surface area contributed by atoms with Crippen molar-refractivity contribution in [2.24, 2.45) is 0 Å². The second-order valence-electron chi connectivity index (χ2n) is 5.94. The molecule has 2 aromatic carbocycles. The van der Waals surface area contributed by atoms with Gasteiger partial charge >= 0.3 is 0 Å². The third-order valence-electron chi connectivity index (χ3n) is 3.99. The van der Waals surface area contributed by atoms with E-state index in [4.69, 9.17) is 15.2 Å². The van der Waals surface area contributed by atoms with E-state index in [2.05, 4.69) is 5.32 Å². The molecule has 7 nitrogen and oxygen atoms in total. The van der Waals surface area contributed by atoms with Crippen LogP contribution in [0, 0.1) is 0 Å². The van der Waals surface area contributed by atoms with Crippen molar-refractivity contribution in [2.75, 3.05) is 32.2 Å². The Bertz CT molecular complexity index is 703. The number of amides is 1. The lowest BCUT2D eigenvalue weighted by atomic mass is 10.0. The van der Waals surface area contributed by atoms with Gasteiger partial charge in [-0.2, -0.15) is 0 Å². The van der Waals surface area contributed by atoms with Gasteiger partial charge in [0, 0.05) is 17.9 Å². The minimum atomic E-state index is -1.05. The Labute approximate surface area is 158 Å². The van der Waals surface area contributed by atoms with Crippen molar-refractivity contribution in [3.05, 3.63) is 59.7 Å². The van der Waals surface area contributed by atoms with E-state index < -0.39 is 24.7 Å². The van der Waals surface area contributed by atoms with Crippen molar-refractivity contribution < 1.29 is 24.5 Å². The number of hydrogen-bond acceptors (Lipinski definition) is 6. The zero-order chi connectivity index (χ0) is 19.6.